The normalized spacial score (nSPS) is 17.7. The molecule has 1 fully saturated rings. The van der Waals surface area contributed by atoms with Gasteiger partial charge in [0.25, 0.3) is 0 Å². The molecule has 2 aliphatic heterocycles. The lowest BCUT2D eigenvalue weighted by molar-refractivity contribution is -0.141. The molecule has 1 unspecified atom stereocenters. The van der Waals surface area contributed by atoms with Crippen molar-refractivity contribution in [3.63, 3.8) is 0 Å². The molecule has 226 valence electrons. The van der Waals surface area contributed by atoms with Crippen LogP contribution < -0.4 is 15.9 Å². The minimum absolute atomic E-state index is 0.0291. The second-order valence-electron chi connectivity index (χ2n) is 10.8. The number of rotatable bonds is 4. The van der Waals surface area contributed by atoms with Crippen molar-refractivity contribution in [2.24, 2.45) is 7.05 Å². The van der Waals surface area contributed by atoms with Crippen LogP contribution in [0, 0.1) is 0 Å². The zero-order chi connectivity index (χ0) is 30.7. The van der Waals surface area contributed by atoms with Gasteiger partial charge in [0.1, 0.15) is 11.9 Å². The van der Waals surface area contributed by atoms with E-state index in [4.69, 9.17) is 0 Å². The number of aryl methyl sites for hydroxylation is 1. The highest BCUT2D eigenvalue weighted by atomic mass is 19.4. The van der Waals surface area contributed by atoms with Crippen LogP contribution in [0.2, 0.25) is 0 Å². The van der Waals surface area contributed by atoms with Crippen molar-refractivity contribution in [1.82, 2.24) is 24.0 Å². The Labute approximate surface area is 242 Å². The molecule has 14 heteroatoms. The molecule has 1 saturated heterocycles. The van der Waals surface area contributed by atoms with Crippen molar-refractivity contribution >= 4 is 11.5 Å². The molecule has 0 spiro atoms. The maximum absolute atomic E-state index is 14.3. The predicted molar refractivity (Wildman–Crippen MR) is 149 cm³/mol. The fraction of sp³-hybridized carbons (Fsp3) is 0.345. The number of hydrogen-bond donors (Lipinski definition) is 1. The summed E-state index contributed by atoms with van der Waals surface area (Å²) in [6.45, 7) is 2.14. The van der Waals surface area contributed by atoms with Crippen LogP contribution in [0.4, 0.5) is 37.8 Å². The molecule has 6 rings (SSSR count). The number of hydrogen-bond acceptors (Lipinski definition) is 6. The lowest BCUT2D eigenvalue weighted by Gasteiger charge is -2.35. The van der Waals surface area contributed by atoms with Gasteiger partial charge < -0.3 is 19.7 Å². The number of aromatic nitrogens is 4. The first-order valence-electron chi connectivity index (χ1n) is 13.5. The molecule has 0 bridgehead atoms. The number of nitrogens with one attached hydrogen (secondary N) is 1. The summed E-state index contributed by atoms with van der Waals surface area (Å²) in [5.41, 5.74) is 0.742. The summed E-state index contributed by atoms with van der Waals surface area (Å²) in [6, 6.07) is 7.04. The van der Waals surface area contributed by atoms with Crippen molar-refractivity contribution in [3.8, 4) is 28.2 Å². The van der Waals surface area contributed by atoms with Crippen molar-refractivity contribution in [3.05, 3.63) is 76.6 Å². The number of imidazole rings is 1. The van der Waals surface area contributed by atoms with Crippen molar-refractivity contribution in [2.75, 3.05) is 43.4 Å². The summed E-state index contributed by atoms with van der Waals surface area (Å²) in [7, 11) is 3.41. The number of piperazine rings is 1. The first kappa shape index (κ1) is 28.8. The van der Waals surface area contributed by atoms with E-state index >= 15 is 0 Å². The minimum Gasteiger partial charge on any atom is -0.368 e. The van der Waals surface area contributed by atoms with Gasteiger partial charge in [-0.3, -0.25) is 9.55 Å². The lowest BCUT2D eigenvalue weighted by atomic mass is 10.0. The molecule has 0 saturated carbocycles. The van der Waals surface area contributed by atoms with Crippen LogP contribution >= 0.6 is 0 Å². The smallest absolute Gasteiger partial charge is 0.368 e. The monoisotopic (exact) mass is 603 g/mol. The molecule has 0 amide bonds. The van der Waals surface area contributed by atoms with E-state index in [1.54, 1.807) is 23.1 Å². The van der Waals surface area contributed by atoms with Gasteiger partial charge in [-0.15, -0.1) is 0 Å². The van der Waals surface area contributed by atoms with Gasteiger partial charge in [-0.2, -0.15) is 26.3 Å². The number of anilines is 2. The highest BCUT2D eigenvalue weighted by Crippen LogP contribution is 2.39. The van der Waals surface area contributed by atoms with Crippen LogP contribution in [0.25, 0.3) is 28.2 Å². The Hall–Kier alpha value is -4.33. The van der Waals surface area contributed by atoms with Gasteiger partial charge in [0.2, 0.25) is 0 Å². The summed E-state index contributed by atoms with van der Waals surface area (Å²) in [6.07, 6.45) is -4.96. The van der Waals surface area contributed by atoms with E-state index in [2.05, 4.69) is 15.3 Å². The van der Waals surface area contributed by atoms with E-state index in [-0.39, 0.29) is 29.3 Å². The Bertz CT molecular complexity index is 1730. The number of alkyl halides is 6. The SMILES string of the molecule is CN1CCN(c2ccc(-n3c(-c4cc(-c5cnc6c(c5)CC(C(F)(F)F)N6)ccn4)cn(C)c3=O)cc2C(F)(F)F)CC1. The van der Waals surface area contributed by atoms with Gasteiger partial charge in [0.15, 0.2) is 0 Å². The second kappa shape index (κ2) is 10.4. The third-order valence-corrected chi connectivity index (χ3v) is 7.89. The summed E-state index contributed by atoms with van der Waals surface area (Å²) in [5.74, 6) is 0.165. The molecule has 2 aliphatic rings. The van der Waals surface area contributed by atoms with Crippen molar-refractivity contribution in [2.45, 2.75) is 24.8 Å². The van der Waals surface area contributed by atoms with Gasteiger partial charge in [-0.1, -0.05) is 0 Å². The topological polar surface area (TPSA) is 71.2 Å². The molecule has 1 atom stereocenters. The zero-order valence-electron chi connectivity index (χ0n) is 23.2. The van der Waals surface area contributed by atoms with E-state index < -0.39 is 29.6 Å². The van der Waals surface area contributed by atoms with Gasteiger partial charge in [-0.05, 0) is 54.6 Å². The second-order valence-corrected chi connectivity index (χ2v) is 10.8. The number of nitrogens with zero attached hydrogens (tertiary/aromatic N) is 6. The molecule has 8 nitrogen and oxygen atoms in total. The first-order chi connectivity index (χ1) is 20.3. The standard InChI is InChI=1S/C29H27F6N7O/c1-39-7-9-41(10-8-39)23-4-3-20(14-21(23)28(30,31)32)42-24(16-40(2)27(42)43)22-12-17(5-6-36-22)19-11-18-13-25(29(33,34)35)38-26(18)37-15-19/h3-6,11-12,14-16,25H,7-10,13H2,1-2H3,(H,37,38). The van der Waals surface area contributed by atoms with E-state index in [1.807, 2.05) is 11.9 Å². The molecule has 43 heavy (non-hydrogen) atoms. The van der Waals surface area contributed by atoms with E-state index in [1.165, 1.54) is 46.9 Å². The zero-order valence-corrected chi connectivity index (χ0v) is 23.2. The summed E-state index contributed by atoms with van der Waals surface area (Å²) in [4.78, 5) is 25.5. The van der Waals surface area contributed by atoms with Crippen LogP contribution in [0.15, 0.2) is 59.8 Å². The molecule has 1 aromatic carbocycles. The van der Waals surface area contributed by atoms with Crippen molar-refractivity contribution in [1.29, 1.82) is 0 Å². The number of fused-ring (bicyclic) bond motifs is 1. The van der Waals surface area contributed by atoms with Crippen LogP contribution in [0.1, 0.15) is 11.1 Å². The van der Waals surface area contributed by atoms with E-state index in [0.29, 0.717) is 48.6 Å². The summed E-state index contributed by atoms with van der Waals surface area (Å²) in [5, 5.41) is 2.39. The van der Waals surface area contributed by atoms with Crippen molar-refractivity contribution < 1.29 is 26.3 Å². The van der Waals surface area contributed by atoms with E-state index in [9.17, 15) is 31.1 Å². The Morgan fingerprint density at radius 3 is 2.35 bits per heavy atom. The van der Waals surface area contributed by atoms with Gasteiger partial charge >= 0.3 is 18.0 Å². The largest absolute Gasteiger partial charge is 0.418 e. The molecule has 5 heterocycles. The Morgan fingerprint density at radius 1 is 0.907 bits per heavy atom. The molecule has 3 aromatic heterocycles. The highest BCUT2D eigenvalue weighted by Gasteiger charge is 2.43. The fourth-order valence-electron chi connectivity index (χ4n) is 5.54. The van der Waals surface area contributed by atoms with Gasteiger partial charge in [-0.25, -0.2) is 9.78 Å². The Kier molecular flexibility index (Phi) is 6.98. The third kappa shape index (κ3) is 5.46. The average molecular weight is 604 g/mol. The number of pyridine rings is 2. The Morgan fingerprint density at radius 2 is 1.65 bits per heavy atom. The van der Waals surface area contributed by atoms with Crippen LogP contribution in [0.3, 0.4) is 0 Å². The van der Waals surface area contributed by atoms with Crippen LogP contribution in [-0.4, -0.2) is 69.4 Å². The highest BCUT2D eigenvalue weighted by molar-refractivity contribution is 5.72. The van der Waals surface area contributed by atoms with Crippen LogP contribution in [0.5, 0.6) is 0 Å². The number of halogens is 6. The maximum Gasteiger partial charge on any atom is 0.418 e. The average Bonchev–Trinajstić information content (AvgIpc) is 3.53. The fourth-order valence-corrected chi connectivity index (χ4v) is 5.54. The maximum atomic E-state index is 14.3. The predicted octanol–water partition coefficient (Wildman–Crippen LogP) is 4.97. The molecule has 0 aliphatic carbocycles. The van der Waals surface area contributed by atoms with Gasteiger partial charge in [0.05, 0.1) is 22.6 Å². The lowest BCUT2D eigenvalue weighted by Crippen LogP contribution is -2.45. The van der Waals surface area contributed by atoms with Crippen LogP contribution in [-0.2, 0) is 19.6 Å². The summed E-state index contributed by atoms with van der Waals surface area (Å²) < 4.78 is 85.1. The van der Waals surface area contributed by atoms with Gasteiger partial charge in [0, 0.05) is 69.5 Å². The Balaban J connectivity index is 1.39. The minimum atomic E-state index is -4.66. The first-order valence-corrected chi connectivity index (χ1v) is 13.5. The molecular weight excluding hydrogens is 576 g/mol. The molecular formula is C29H27F6N7O. The summed E-state index contributed by atoms with van der Waals surface area (Å²) >= 11 is 0. The third-order valence-electron chi connectivity index (χ3n) is 7.89. The molecule has 4 aromatic rings. The molecule has 1 N–H and O–H groups in total. The number of likely N-dealkylation sites (N-methyl/N-ethyl adjacent to an activating group) is 1. The number of benzene rings is 1. The van der Waals surface area contributed by atoms with E-state index in [0.717, 1.165) is 6.07 Å². The molecule has 0 radical (unpaired) electrons. The quantitative estimate of drug-likeness (QED) is 0.333.